The van der Waals surface area contributed by atoms with Crippen LogP contribution in [-0.4, -0.2) is 50.3 Å². The number of carbonyl (C=O) groups is 1. The Labute approximate surface area is 180 Å². The number of ether oxygens (including phenoxy) is 4. The smallest absolute Gasteiger partial charge is 0.289 e. The van der Waals surface area contributed by atoms with E-state index in [2.05, 4.69) is 20.7 Å². The molecule has 1 amide bonds. The van der Waals surface area contributed by atoms with E-state index in [1.165, 1.54) is 0 Å². The largest absolute Gasteiger partial charge is 0.497 e. The van der Waals surface area contributed by atoms with E-state index < -0.39 is 5.91 Å². The molecule has 0 bridgehead atoms. The van der Waals surface area contributed by atoms with Crippen LogP contribution in [0.4, 0.5) is 0 Å². The highest BCUT2D eigenvalue weighted by Gasteiger charge is 2.15. The van der Waals surface area contributed by atoms with Crippen molar-refractivity contribution in [2.45, 2.75) is 6.92 Å². The summed E-state index contributed by atoms with van der Waals surface area (Å²) >= 11 is 0. The van der Waals surface area contributed by atoms with Gasteiger partial charge in [-0.3, -0.25) is 9.89 Å². The Morgan fingerprint density at radius 2 is 1.61 bits per heavy atom. The fourth-order valence-corrected chi connectivity index (χ4v) is 2.91. The summed E-state index contributed by atoms with van der Waals surface area (Å²) in [6.45, 7) is 1.78. The normalized spacial score (nSPS) is 11.1. The Kier molecular flexibility index (Phi) is 6.76. The molecule has 9 nitrogen and oxygen atoms in total. The molecule has 0 spiro atoms. The number of hydrazone groups is 1. The Balaban J connectivity index is 1.77. The van der Waals surface area contributed by atoms with E-state index in [9.17, 15) is 4.79 Å². The summed E-state index contributed by atoms with van der Waals surface area (Å²) in [7, 11) is 6.27. The SMILES string of the molecule is COc1ccc(OC)c(-c2cc(C(=O)NN=C(C)c3ccc(OC)c(OC)c3)[nH]n2)c1. The van der Waals surface area contributed by atoms with Crippen molar-refractivity contribution in [2.75, 3.05) is 28.4 Å². The van der Waals surface area contributed by atoms with Gasteiger partial charge in [0.05, 0.1) is 39.8 Å². The maximum Gasteiger partial charge on any atom is 0.289 e. The van der Waals surface area contributed by atoms with Gasteiger partial charge in [-0.25, -0.2) is 5.43 Å². The molecule has 9 heteroatoms. The number of hydrogen-bond donors (Lipinski definition) is 2. The minimum Gasteiger partial charge on any atom is -0.497 e. The van der Waals surface area contributed by atoms with Gasteiger partial charge in [-0.05, 0) is 49.4 Å². The van der Waals surface area contributed by atoms with Crippen molar-refractivity contribution in [3.8, 4) is 34.3 Å². The van der Waals surface area contributed by atoms with Crippen LogP contribution < -0.4 is 24.4 Å². The van der Waals surface area contributed by atoms with Crippen LogP contribution in [0.1, 0.15) is 23.0 Å². The van der Waals surface area contributed by atoms with Gasteiger partial charge in [0.1, 0.15) is 17.2 Å². The zero-order valence-electron chi connectivity index (χ0n) is 18.0. The molecular weight excluding hydrogens is 400 g/mol. The van der Waals surface area contributed by atoms with E-state index in [0.717, 1.165) is 5.56 Å². The van der Waals surface area contributed by atoms with Gasteiger partial charge in [-0.2, -0.15) is 10.2 Å². The minimum absolute atomic E-state index is 0.253. The van der Waals surface area contributed by atoms with Crippen molar-refractivity contribution < 1.29 is 23.7 Å². The van der Waals surface area contributed by atoms with Crippen molar-refractivity contribution in [1.29, 1.82) is 0 Å². The van der Waals surface area contributed by atoms with Crippen molar-refractivity contribution in [3.05, 3.63) is 53.7 Å². The third-order valence-corrected chi connectivity index (χ3v) is 4.63. The lowest BCUT2D eigenvalue weighted by molar-refractivity contribution is 0.0950. The van der Waals surface area contributed by atoms with E-state index in [-0.39, 0.29) is 5.69 Å². The van der Waals surface area contributed by atoms with Crippen molar-refractivity contribution in [2.24, 2.45) is 5.10 Å². The zero-order chi connectivity index (χ0) is 22.4. The van der Waals surface area contributed by atoms with E-state index in [0.29, 0.717) is 40.0 Å². The third-order valence-electron chi connectivity index (χ3n) is 4.63. The molecule has 0 atom stereocenters. The molecule has 162 valence electrons. The first-order chi connectivity index (χ1) is 15.0. The molecule has 0 unspecified atom stereocenters. The molecule has 3 aromatic rings. The van der Waals surface area contributed by atoms with E-state index in [1.54, 1.807) is 71.8 Å². The average molecular weight is 424 g/mol. The van der Waals surface area contributed by atoms with Gasteiger partial charge in [-0.1, -0.05) is 0 Å². The molecule has 1 heterocycles. The molecule has 0 aliphatic rings. The number of aromatic nitrogens is 2. The second-order valence-corrected chi connectivity index (χ2v) is 6.44. The quantitative estimate of drug-likeness (QED) is 0.425. The number of carbonyl (C=O) groups excluding carboxylic acids is 1. The van der Waals surface area contributed by atoms with Crippen LogP contribution in [0.3, 0.4) is 0 Å². The first kappa shape index (κ1) is 21.7. The lowest BCUT2D eigenvalue weighted by Gasteiger charge is -2.09. The molecule has 3 rings (SSSR count). The molecular formula is C22H24N4O5. The summed E-state index contributed by atoms with van der Waals surface area (Å²) in [5.74, 6) is 2.02. The predicted octanol–water partition coefficient (Wildman–Crippen LogP) is 3.27. The van der Waals surface area contributed by atoms with E-state index in [4.69, 9.17) is 18.9 Å². The first-order valence-electron chi connectivity index (χ1n) is 9.35. The number of methoxy groups -OCH3 is 4. The second kappa shape index (κ2) is 9.66. The van der Waals surface area contributed by atoms with Crippen LogP contribution in [0.2, 0.25) is 0 Å². The topological polar surface area (TPSA) is 107 Å². The maximum absolute atomic E-state index is 12.5. The van der Waals surface area contributed by atoms with Crippen LogP contribution in [0.5, 0.6) is 23.0 Å². The highest BCUT2D eigenvalue weighted by molar-refractivity contribution is 6.01. The standard InChI is InChI=1S/C22H24N4O5/c1-13(14-6-8-20(30-4)21(10-14)31-5)23-26-22(27)18-12-17(24-25-18)16-11-15(28-2)7-9-19(16)29-3/h6-12H,1-5H3,(H,24,25)(H,26,27). The van der Waals surface area contributed by atoms with Crippen LogP contribution >= 0.6 is 0 Å². The Morgan fingerprint density at radius 1 is 0.903 bits per heavy atom. The van der Waals surface area contributed by atoms with Crippen molar-refractivity contribution >= 4 is 11.6 Å². The molecule has 0 aliphatic carbocycles. The average Bonchev–Trinajstić information content (AvgIpc) is 3.31. The fraction of sp³-hybridized carbons (Fsp3) is 0.227. The first-order valence-corrected chi connectivity index (χ1v) is 9.35. The van der Waals surface area contributed by atoms with Gasteiger partial charge in [0.25, 0.3) is 5.91 Å². The number of nitrogens with zero attached hydrogens (tertiary/aromatic N) is 2. The van der Waals surface area contributed by atoms with Crippen molar-refractivity contribution in [3.63, 3.8) is 0 Å². The zero-order valence-corrected chi connectivity index (χ0v) is 18.0. The Bertz CT molecular complexity index is 1110. The number of nitrogens with one attached hydrogen (secondary N) is 2. The summed E-state index contributed by atoms with van der Waals surface area (Å²) in [5, 5.41) is 11.1. The molecule has 1 aromatic heterocycles. The van der Waals surface area contributed by atoms with Gasteiger partial charge < -0.3 is 18.9 Å². The lowest BCUT2D eigenvalue weighted by Crippen LogP contribution is -2.19. The Hall–Kier alpha value is -4.01. The number of H-pyrrole nitrogens is 1. The lowest BCUT2D eigenvalue weighted by atomic mass is 10.1. The molecule has 0 fully saturated rings. The Morgan fingerprint density at radius 3 is 2.29 bits per heavy atom. The monoisotopic (exact) mass is 424 g/mol. The number of aromatic amines is 1. The van der Waals surface area contributed by atoms with Gasteiger partial charge in [0.2, 0.25) is 0 Å². The third kappa shape index (κ3) is 4.77. The van der Waals surface area contributed by atoms with E-state index in [1.807, 2.05) is 6.07 Å². The molecule has 0 saturated heterocycles. The minimum atomic E-state index is -0.430. The molecule has 0 saturated carbocycles. The summed E-state index contributed by atoms with van der Waals surface area (Å²) in [5.41, 5.74) is 5.40. The summed E-state index contributed by atoms with van der Waals surface area (Å²) in [4.78, 5) is 12.5. The summed E-state index contributed by atoms with van der Waals surface area (Å²) in [6, 6.07) is 12.4. The summed E-state index contributed by atoms with van der Waals surface area (Å²) < 4.78 is 21.2. The predicted molar refractivity (Wildman–Crippen MR) is 116 cm³/mol. The number of amides is 1. The second-order valence-electron chi connectivity index (χ2n) is 6.44. The fourth-order valence-electron chi connectivity index (χ4n) is 2.91. The maximum atomic E-state index is 12.5. The van der Waals surface area contributed by atoms with Crippen LogP contribution in [0.25, 0.3) is 11.3 Å². The number of hydrogen-bond acceptors (Lipinski definition) is 7. The van der Waals surface area contributed by atoms with E-state index >= 15 is 0 Å². The number of benzene rings is 2. The van der Waals surface area contributed by atoms with Gasteiger partial charge in [0.15, 0.2) is 11.5 Å². The van der Waals surface area contributed by atoms with Crippen LogP contribution in [0, 0.1) is 0 Å². The van der Waals surface area contributed by atoms with Crippen molar-refractivity contribution in [1.82, 2.24) is 15.6 Å². The van der Waals surface area contributed by atoms with Gasteiger partial charge >= 0.3 is 0 Å². The highest BCUT2D eigenvalue weighted by atomic mass is 16.5. The number of rotatable bonds is 8. The summed E-state index contributed by atoms with van der Waals surface area (Å²) in [6.07, 6.45) is 0. The highest BCUT2D eigenvalue weighted by Crippen LogP contribution is 2.32. The molecule has 2 N–H and O–H groups in total. The van der Waals surface area contributed by atoms with Gasteiger partial charge in [0, 0.05) is 11.1 Å². The van der Waals surface area contributed by atoms with Gasteiger partial charge in [-0.15, -0.1) is 0 Å². The molecule has 0 radical (unpaired) electrons. The van der Waals surface area contributed by atoms with Crippen LogP contribution in [0.15, 0.2) is 47.6 Å². The van der Waals surface area contributed by atoms with Crippen LogP contribution in [-0.2, 0) is 0 Å². The molecule has 2 aromatic carbocycles. The molecule has 31 heavy (non-hydrogen) atoms. The molecule has 0 aliphatic heterocycles.